The van der Waals surface area contributed by atoms with E-state index in [1.165, 1.54) is 11.3 Å². The van der Waals surface area contributed by atoms with Crippen molar-refractivity contribution in [2.45, 2.75) is 26.2 Å². The summed E-state index contributed by atoms with van der Waals surface area (Å²) in [6.45, 7) is 2.01. The number of amides is 1. The topological polar surface area (TPSA) is 68.0 Å². The maximum absolute atomic E-state index is 11.9. The number of furan rings is 1. The van der Waals surface area contributed by atoms with Crippen molar-refractivity contribution >= 4 is 22.4 Å². The summed E-state index contributed by atoms with van der Waals surface area (Å²) in [5.41, 5.74) is 1.03. The average Bonchev–Trinajstić information content (AvgIpc) is 3.23. The van der Waals surface area contributed by atoms with Crippen LogP contribution in [0.15, 0.2) is 46.9 Å². The number of hydrogen-bond donors (Lipinski definition) is 1. The second-order valence-corrected chi connectivity index (χ2v) is 6.10. The lowest BCUT2D eigenvalue weighted by molar-refractivity contribution is -0.116. The summed E-state index contributed by atoms with van der Waals surface area (Å²) in [4.78, 5) is 11.9. The first-order valence-electron chi connectivity index (χ1n) is 7.51. The number of aromatic nitrogens is 2. The molecule has 0 saturated heterocycles. The van der Waals surface area contributed by atoms with E-state index < -0.39 is 0 Å². The van der Waals surface area contributed by atoms with Crippen LogP contribution in [0.4, 0.5) is 5.13 Å². The third-order valence-electron chi connectivity index (χ3n) is 3.33. The fourth-order valence-corrected chi connectivity index (χ4v) is 2.83. The van der Waals surface area contributed by atoms with E-state index in [2.05, 4.69) is 15.5 Å². The molecule has 5 nitrogen and oxygen atoms in total. The van der Waals surface area contributed by atoms with Gasteiger partial charge in [0.05, 0.1) is 0 Å². The smallest absolute Gasteiger partial charge is 0.226 e. The van der Waals surface area contributed by atoms with Crippen molar-refractivity contribution in [2.24, 2.45) is 0 Å². The van der Waals surface area contributed by atoms with Crippen LogP contribution < -0.4 is 5.32 Å². The number of anilines is 1. The van der Waals surface area contributed by atoms with Gasteiger partial charge in [0.15, 0.2) is 0 Å². The Balaban J connectivity index is 1.54. The monoisotopic (exact) mass is 327 g/mol. The Morgan fingerprint density at radius 3 is 2.74 bits per heavy atom. The van der Waals surface area contributed by atoms with E-state index >= 15 is 0 Å². The quantitative estimate of drug-likeness (QED) is 0.745. The number of nitrogens with zero attached hydrogens (tertiary/aromatic N) is 2. The van der Waals surface area contributed by atoms with E-state index in [0.29, 0.717) is 18.0 Å². The number of hydrogen-bond acceptors (Lipinski definition) is 5. The molecule has 0 spiro atoms. The standard InChI is InChI=1S/C17H17N3O2S/c1-2-16-19-20-17(23-16)18-15(21)11-9-13-8-10-14(22-13)12-6-4-3-5-7-12/h3-8,10H,2,9,11H2,1H3,(H,18,20,21). The van der Waals surface area contributed by atoms with Gasteiger partial charge in [0.1, 0.15) is 16.5 Å². The molecule has 0 saturated carbocycles. The number of rotatable bonds is 6. The van der Waals surface area contributed by atoms with Crippen LogP contribution in [-0.4, -0.2) is 16.1 Å². The molecule has 0 aliphatic rings. The van der Waals surface area contributed by atoms with Crippen LogP contribution in [0.5, 0.6) is 0 Å². The molecule has 6 heteroatoms. The van der Waals surface area contributed by atoms with Crippen molar-refractivity contribution in [1.29, 1.82) is 0 Å². The zero-order valence-electron chi connectivity index (χ0n) is 12.8. The molecule has 2 heterocycles. The number of benzene rings is 1. The summed E-state index contributed by atoms with van der Waals surface area (Å²) in [6.07, 6.45) is 1.73. The Bertz CT molecular complexity index is 780. The van der Waals surface area contributed by atoms with Crippen LogP contribution in [0.1, 0.15) is 24.1 Å². The minimum absolute atomic E-state index is 0.0820. The predicted molar refractivity (Wildman–Crippen MR) is 90.4 cm³/mol. The minimum Gasteiger partial charge on any atom is -0.461 e. The fourth-order valence-electron chi connectivity index (χ4n) is 2.14. The fraction of sp³-hybridized carbons (Fsp3) is 0.235. The molecule has 2 aromatic heterocycles. The lowest BCUT2D eigenvalue weighted by atomic mass is 10.2. The normalized spacial score (nSPS) is 10.7. The molecule has 23 heavy (non-hydrogen) atoms. The van der Waals surface area contributed by atoms with Crippen LogP contribution in [0.2, 0.25) is 0 Å². The van der Waals surface area contributed by atoms with Gasteiger partial charge in [-0.05, 0) is 18.6 Å². The maximum Gasteiger partial charge on any atom is 0.226 e. The lowest BCUT2D eigenvalue weighted by Gasteiger charge is -2.00. The van der Waals surface area contributed by atoms with E-state index in [1.807, 2.05) is 49.4 Å². The van der Waals surface area contributed by atoms with E-state index in [0.717, 1.165) is 28.5 Å². The molecular weight excluding hydrogens is 310 g/mol. The zero-order valence-corrected chi connectivity index (χ0v) is 13.6. The van der Waals surface area contributed by atoms with Crippen LogP contribution in [-0.2, 0) is 17.6 Å². The molecule has 0 atom stereocenters. The highest BCUT2D eigenvalue weighted by atomic mass is 32.1. The van der Waals surface area contributed by atoms with Crippen molar-refractivity contribution in [3.05, 3.63) is 53.2 Å². The molecule has 118 valence electrons. The van der Waals surface area contributed by atoms with Gasteiger partial charge in [-0.15, -0.1) is 10.2 Å². The van der Waals surface area contributed by atoms with Crippen molar-refractivity contribution in [3.63, 3.8) is 0 Å². The molecular formula is C17H17N3O2S. The summed E-state index contributed by atoms with van der Waals surface area (Å²) in [7, 11) is 0. The minimum atomic E-state index is -0.0820. The maximum atomic E-state index is 11.9. The zero-order chi connectivity index (χ0) is 16.1. The highest BCUT2D eigenvalue weighted by Crippen LogP contribution is 2.22. The van der Waals surface area contributed by atoms with Crippen molar-refractivity contribution in [3.8, 4) is 11.3 Å². The van der Waals surface area contributed by atoms with Gasteiger partial charge in [0.2, 0.25) is 11.0 Å². The Labute approximate surface area is 138 Å². The predicted octanol–water partition coefficient (Wildman–Crippen LogP) is 3.93. The second kappa shape index (κ2) is 7.19. The molecule has 0 unspecified atom stereocenters. The Morgan fingerprint density at radius 1 is 1.17 bits per heavy atom. The van der Waals surface area contributed by atoms with Gasteiger partial charge in [-0.1, -0.05) is 48.6 Å². The third kappa shape index (κ3) is 4.04. The highest BCUT2D eigenvalue weighted by molar-refractivity contribution is 7.15. The first-order valence-corrected chi connectivity index (χ1v) is 8.32. The Hall–Kier alpha value is -2.47. The largest absolute Gasteiger partial charge is 0.461 e. The number of carbonyl (C=O) groups excluding carboxylic acids is 1. The van der Waals surface area contributed by atoms with E-state index in [9.17, 15) is 4.79 Å². The Kier molecular flexibility index (Phi) is 4.83. The van der Waals surface area contributed by atoms with Crippen molar-refractivity contribution in [1.82, 2.24) is 10.2 Å². The van der Waals surface area contributed by atoms with E-state index in [4.69, 9.17) is 4.42 Å². The summed E-state index contributed by atoms with van der Waals surface area (Å²) in [5.74, 6) is 1.53. The van der Waals surface area contributed by atoms with Crippen LogP contribution in [0.3, 0.4) is 0 Å². The van der Waals surface area contributed by atoms with Gasteiger partial charge in [0.25, 0.3) is 0 Å². The first kappa shape index (κ1) is 15.4. The van der Waals surface area contributed by atoms with Crippen molar-refractivity contribution < 1.29 is 9.21 Å². The number of aryl methyl sites for hydroxylation is 2. The summed E-state index contributed by atoms with van der Waals surface area (Å²) < 4.78 is 5.79. The number of nitrogens with one attached hydrogen (secondary N) is 1. The van der Waals surface area contributed by atoms with Crippen molar-refractivity contribution in [2.75, 3.05) is 5.32 Å². The molecule has 0 fully saturated rings. The first-order chi connectivity index (χ1) is 11.2. The van der Waals surface area contributed by atoms with Gasteiger partial charge in [-0.25, -0.2) is 0 Å². The molecule has 1 aromatic carbocycles. The van der Waals surface area contributed by atoms with Crippen LogP contribution >= 0.6 is 11.3 Å². The van der Waals surface area contributed by atoms with E-state index in [-0.39, 0.29) is 5.91 Å². The van der Waals surface area contributed by atoms with Gasteiger partial charge in [-0.2, -0.15) is 0 Å². The average molecular weight is 327 g/mol. The molecule has 3 rings (SSSR count). The highest BCUT2D eigenvalue weighted by Gasteiger charge is 2.10. The summed E-state index contributed by atoms with van der Waals surface area (Å²) in [5, 5.41) is 12.2. The molecule has 3 aromatic rings. The Morgan fingerprint density at radius 2 is 2.00 bits per heavy atom. The molecule has 1 N–H and O–H groups in total. The van der Waals surface area contributed by atoms with Gasteiger partial charge >= 0.3 is 0 Å². The molecule has 0 bridgehead atoms. The SMILES string of the molecule is CCc1nnc(NC(=O)CCc2ccc(-c3ccccc3)o2)s1. The third-order valence-corrected chi connectivity index (χ3v) is 4.32. The van der Waals surface area contributed by atoms with Gasteiger partial charge in [0, 0.05) is 18.4 Å². The summed E-state index contributed by atoms with van der Waals surface area (Å²) in [6, 6.07) is 13.7. The second-order valence-electron chi connectivity index (χ2n) is 5.03. The van der Waals surface area contributed by atoms with Gasteiger partial charge < -0.3 is 9.73 Å². The molecule has 0 radical (unpaired) electrons. The lowest BCUT2D eigenvalue weighted by Crippen LogP contribution is -2.11. The van der Waals surface area contributed by atoms with E-state index in [1.54, 1.807) is 0 Å². The number of carbonyl (C=O) groups is 1. The molecule has 0 aliphatic heterocycles. The summed E-state index contributed by atoms with van der Waals surface area (Å²) >= 11 is 1.41. The molecule has 0 aliphatic carbocycles. The van der Waals surface area contributed by atoms with Crippen LogP contribution in [0.25, 0.3) is 11.3 Å². The van der Waals surface area contributed by atoms with Gasteiger partial charge in [-0.3, -0.25) is 4.79 Å². The van der Waals surface area contributed by atoms with Crippen LogP contribution in [0, 0.1) is 0 Å². The molecule has 1 amide bonds.